The average Bonchev–Trinajstić information content (AvgIpc) is 2.50. The van der Waals surface area contributed by atoms with Crippen LogP contribution in [0.3, 0.4) is 0 Å². The topological polar surface area (TPSA) is 44.5 Å². The molecule has 1 fully saturated rings. The first-order chi connectivity index (χ1) is 10.3. The van der Waals surface area contributed by atoms with E-state index in [9.17, 15) is 0 Å². The predicted molar refractivity (Wildman–Crippen MR) is 83.7 cm³/mol. The zero-order valence-corrected chi connectivity index (χ0v) is 13.1. The van der Waals surface area contributed by atoms with Gasteiger partial charge in [-0.25, -0.2) is 0 Å². The molecule has 21 heavy (non-hydrogen) atoms. The van der Waals surface area contributed by atoms with Crippen LogP contribution in [-0.4, -0.2) is 19.8 Å². The van der Waals surface area contributed by atoms with Crippen molar-refractivity contribution in [1.82, 2.24) is 0 Å². The summed E-state index contributed by atoms with van der Waals surface area (Å²) < 4.78 is 12.0. The fourth-order valence-corrected chi connectivity index (χ4v) is 4.46. The molecular weight excluding hydrogens is 286 g/mol. The number of hydrogen-bond acceptors (Lipinski definition) is 3. The van der Waals surface area contributed by atoms with E-state index in [1.807, 2.05) is 0 Å². The van der Waals surface area contributed by atoms with Crippen LogP contribution in [0.4, 0.5) is 0 Å². The summed E-state index contributed by atoms with van der Waals surface area (Å²) in [7, 11) is 0. The molecule has 1 saturated carbocycles. The third-order valence-corrected chi connectivity index (χ3v) is 5.81. The molecule has 3 nitrogen and oxygen atoms in total. The van der Waals surface area contributed by atoms with Crippen molar-refractivity contribution >= 4 is 11.6 Å². The first-order valence-electron chi connectivity index (χ1n) is 8.10. The van der Waals surface area contributed by atoms with Gasteiger partial charge in [0.05, 0.1) is 18.2 Å². The van der Waals surface area contributed by atoms with Crippen molar-refractivity contribution in [2.24, 2.45) is 5.73 Å². The number of rotatable bonds is 2. The van der Waals surface area contributed by atoms with Crippen molar-refractivity contribution in [3.63, 3.8) is 0 Å². The third-order valence-electron chi connectivity index (χ3n) is 5.41. The molecule has 0 spiro atoms. The zero-order chi connectivity index (χ0) is 14.4. The molecule has 1 aliphatic carbocycles. The molecule has 4 heteroatoms. The van der Waals surface area contributed by atoms with E-state index in [-0.39, 0.29) is 5.41 Å². The minimum Gasteiger partial charge on any atom is -0.493 e. The molecule has 0 unspecified atom stereocenters. The SMILES string of the molecule is NCC1(c2c3c(c(Cl)c4c2OCCC4)OCCC3)CCC1. The Hall–Kier alpha value is -0.930. The summed E-state index contributed by atoms with van der Waals surface area (Å²) in [4.78, 5) is 0. The summed E-state index contributed by atoms with van der Waals surface area (Å²) in [5.74, 6) is 1.96. The van der Waals surface area contributed by atoms with Gasteiger partial charge in [-0.05, 0) is 38.5 Å². The van der Waals surface area contributed by atoms with Crippen LogP contribution < -0.4 is 15.2 Å². The van der Waals surface area contributed by atoms with Gasteiger partial charge in [0.15, 0.2) is 0 Å². The fraction of sp³-hybridized carbons (Fsp3) is 0.647. The highest BCUT2D eigenvalue weighted by atomic mass is 35.5. The van der Waals surface area contributed by atoms with Crippen LogP contribution in [0.1, 0.15) is 48.8 Å². The molecule has 0 radical (unpaired) electrons. The normalized spacial score (nSPS) is 22.4. The van der Waals surface area contributed by atoms with Crippen LogP contribution in [0.25, 0.3) is 0 Å². The molecule has 2 N–H and O–H groups in total. The van der Waals surface area contributed by atoms with Crippen molar-refractivity contribution in [3.8, 4) is 11.5 Å². The summed E-state index contributed by atoms with van der Waals surface area (Å²) >= 11 is 6.63. The van der Waals surface area contributed by atoms with E-state index in [0.29, 0.717) is 6.54 Å². The summed E-state index contributed by atoms with van der Waals surface area (Å²) in [6.07, 6.45) is 7.67. The quantitative estimate of drug-likeness (QED) is 0.911. The van der Waals surface area contributed by atoms with E-state index in [2.05, 4.69) is 0 Å². The molecule has 2 heterocycles. The highest BCUT2D eigenvalue weighted by Crippen LogP contribution is 2.55. The van der Waals surface area contributed by atoms with Gasteiger partial charge in [0.1, 0.15) is 11.5 Å². The molecule has 2 aliphatic heterocycles. The van der Waals surface area contributed by atoms with E-state index >= 15 is 0 Å². The van der Waals surface area contributed by atoms with Crippen LogP contribution in [0.15, 0.2) is 0 Å². The summed E-state index contributed by atoms with van der Waals surface area (Å²) in [5.41, 5.74) is 10.0. The standard InChI is InChI=1S/C17H22ClNO2/c18-14-12-5-2-8-20-15(12)13(17(10-19)6-3-7-17)11-4-1-9-21-16(11)14/h1-10,19H2. The lowest BCUT2D eigenvalue weighted by molar-refractivity contribution is 0.217. The van der Waals surface area contributed by atoms with E-state index in [0.717, 1.165) is 73.8 Å². The molecule has 0 saturated heterocycles. The number of hydrogen-bond donors (Lipinski definition) is 1. The van der Waals surface area contributed by atoms with Gasteiger partial charge < -0.3 is 15.2 Å². The smallest absolute Gasteiger partial charge is 0.141 e. The number of nitrogens with two attached hydrogens (primary N) is 1. The molecule has 3 aliphatic rings. The second-order valence-electron chi connectivity index (χ2n) is 6.55. The molecule has 114 valence electrons. The maximum Gasteiger partial charge on any atom is 0.141 e. The second kappa shape index (κ2) is 5.06. The molecule has 1 aromatic rings. The molecule has 0 aromatic heterocycles. The van der Waals surface area contributed by atoms with E-state index in [4.69, 9.17) is 26.8 Å². The number of halogens is 1. The molecule has 4 rings (SSSR count). The van der Waals surface area contributed by atoms with Crippen molar-refractivity contribution in [3.05, 3.63) is 21.7 Å². The van der Waals surface area contributed by atoms with Gasteiger partial charge in [-0.15, -0.1) is 0 Å². The van der Waals surface area contributed by atoms with Gasteiger partial charge in [-0.3, -0.25) is 0 Å². The Morgan fingerprint density at radius 1 is 0.952 bits per heavy atom. The Bertz CT molecular complexity index is 538. The lowest BCUT2D eigenvalue weighted by Crippen LogP contribution is -2.43. The van der Waals surface area contributed by atoms with Crippen LogP contribution in [-0.2, 0) is 18.3 Å². The van der Waals surface area contributed by atoms with Gasteiger partial charge in [0, 0.05) is 28.7 Å². The van der Waals surface area contributed by atoms with Gasteiger partial charge in [-0.2, -0.15) is 0 Å². The minimum absolute atomic E-state index is 0.0940. The number of benzene rings is 1. The highest BCUT2D eigenvalue weighted by Gasteiger charge is 2.44. The average molecular weight is 308 g/mol. The minimum atomic E-state index is 0.0940. The first-order valence-corrected chi connectivity index (χ1v) is 8.48. The number of fused-ring (bicyclic) bond motifs is 2. The second-order valence-corrected chi connectivity index (χ2v) is 6.92. The Morgan fingerprint density at radius 2 is 1.62 bits per heavy atom. The summed E-state index contributed by atoms with van der Waals surface area (Å²) in [6, 6.07) is 0. The maximum absolute atomic E-state index is 6.63. The van der Waals surface area contributed by atoms with Crippen LogP contribution in [0.2, 0.25) is 5.02 Å². The van der Waals surface area contributed by atoms with Crippen LogP contribution in [0.5, 0.6) is 11.5 Å². The van der Waals surface area contributed by atoms with Crippen molar-refractivity contribution < 1.29 is 9.47 Å². The predicted octanol–water partition coefficient (Wildman–Crippen LogP) is 3.37. The Kier molecular flexibility index (Phi) is 3.31. The van der Waals surface area contributed by atoms with Crippen LogP contribution in [0, 0.1) is 0 Å². The Labute approximate surface area is 130 Å². The summed E-state index contributed by atoms with van der Waals surface area (Å²) in [5, 5.41) is 0.787. The molecule has 0 amide bonds. The van der Waals surface area contributed by atoms with Gasteiger partial charge in [0.25, 0.3) is 0 Å². The van der Waals surface area contributed by atoms with Gasteiger partial charge >= 0.3 is 0 Å². The van der Waals surface area contributed by atoms with Gasteiger partial charge in [0.2, 0.25) is 0 Å². The Morgan fingerprint density at radius 3 is 2.24 bits per heavy atom. The summed E-state index contributed by atoms with van der Waals surface area (Å²) in [6.45, 7) is 2.24. The zero-order valence-electron chi connectivity index (χ0n) is 12.3. The van der Waals surface area contributed by atoms with Crippen molar-refractivity contribution in [1.29, 1.82) is 0 Å². The third kappa shape index (κ3) is 1.90. The molecule has 1 aromatic carbocycles. The van der Waals surface area contributed by atoms with E-state index in [1.54, 1.807) is 0 Å². The van der Waals surface area contributed by atoms with Crippen molar-refractivity contribution in [2.45, 2.75) is 50.4 Å². The largest absolute Gasteiger partial charge is 0.493 e. The van der Waals surface area contributed by atoms with E-state index in [1.165, 1.54) is 17.5 Å². The van der Waals surface area contributed by atoms with E-state index < -0.39 is 0 Å². The lowest BCUT2D eigenvalue weighted by atomic mass is 9.62. The maximum atomic E-state index is 6.63. The fourth-order valence-electron chi connectivity index (χ4n) is 4.11. The first kappa shape index (κ1) is 13.7. The Balaban J connectivity index is 1.99. The molecule has 0 atom stereocenters. The van der Waals surface area contributed by atoms with Gasteiger partial charge in [-0.1, -0.05) is 18.0 Å². The lowest BCUT2D eigenvalue weighted by Gasteiger charge is -2.45. The number of ether oxygens (including phenoxy) is 2. The van der Waals surface area contributed by atoms with Crippen LogP contribution >= 0.6 is 11.6 Å². The highest BCUT2D eigenvalue weighted by molar-refractivity contribution is 6.33. The van der Waals surface area contributed by atoms with Crippen molar-refractivity contribution in [2.75, 3.05) is 19.8 Å². The molecular formula is C17H22ClNO2. The monoisotopic (exact) mass is 307 g/mol. The molecule has 0 bridgehead atoms.